The molecule has 25 heavy (non-hydrogen) atoms. The molecule has 0 amide bonds. The van der Waals surface area contributed by atoms with E-state index >= 15 is 0 Å². The highest BCUT2D eigenvalue weighted by molar-refractivity contribution is 5.22. The Bertz CT molecular complexity index is 535. The van der Waals surface area contributed by atoms with Gasteiger partial charge in [-0.2, -0.15) is 0 Å². The van der Waals surface area contributed by atoms with Gasteiger partial charge in [-0.3, -0.25) is 9.88 Å². The molecule has 142 valence electrons. The van der Waals surface area contributed by atoms with E-state index in [-0.39, 0.29) is 13.0 Å². The summed E-state index contributed by atoms with van der Waals surface area (Å²) in [7, 11) is 0. The third kappa shape index (κ3) is 4.83. The average molecular weight is 347 g/mol. The first-order valence-corrected chi connectivity index (χ1v) is 9.71. The van der Waals surface area contributed by atoms with Crippen LogP contribution in [0.3, 0.4) is 0 Å². The third-order valence-electron chi connectivity index (χ3n) is 6.24. The number of likely N-dealkylation sites (tertiary alicyclic amines) is 1. The van der Waals surface area contributed by atoms with E-state index in [4.69, 9.17) is 4.74 Å². The number of aryl methyl sites for hydroxylation is 1. The molecule has 1 aromatic heterocycles. The summed E-state index contributed by atoms with van der Waals surface area (Å²) in [5.41, 5.74) is 2.80. The maximum Gasteiger partial charge on any atom is 0.0535 e. The van der Waals surface area contributed by atoms with E-state index in [0.29, 0.717) is 5.41 Å². The standard InChI is InChI=1S/C21H34N2O.CH4/c1-5-24-16-21(11-10-18-7-8-18)12-13-23(15-21)20(3,4)19-9-6-17(2)22-14-19;/h6,9,14,18H,5,7-8,10-13,15-16H2,1-4H3;1H4/t21-;/m1./s1. The number of hydrogen-bond acceptors (Lipinski definition) is 3. The Morgan fingerprint density at radius 3 is 2.68 bits per heavy atom. The van der Waals surface area contributed by atoms with Crippen LogP contribution in [0, 0.1) is 18.3 Å². The smallest absolute Gasteiger partial charge is 0.0535 e. The van der Waals surface area contributed by atoms with Gasteiger partial charge in [-0.05, 0) is 71.0 Å². The van der Waals surface area contributed by atoms with Gasteiger partial charge in [-0.25, -0.2) is 0 Å². The zero-order chi connectivity index (χ0) is 17.2. The van der Waals surface area contributed by atoms with Gasteiger partial charge in [0.2, 0.25) is 0 Å². The minimum atomic E-state index is 0. The Balaban J connectivity index is 0.00000225. The van der Waals surface area contributed by atoms with Crippen LogP contribution < -0.4 is 0 Å². The molecule has 2 heterocycles. The van der Waals surface area contributed by atoms with Crippen LogP contribution in [0.5, 0.6) is 0 Å². The van der Waals surface area contributed by atoms with Crippen molar-refractivity contribution in [2.24, 2.45) is 11.3 Å². The summed E-state index contributed by atoms with van der Waals surface area (Å²) >= 11 is 0. The lowest BCUT2D eigenvalue weighted by Crippen LogP contribution is -2.42. The van der Waals surface area contributed by atoms with E-state index < -0.39 is 0 Å². The summed E-state index contributed by atoms with van der Waals surface area (Å²) in [5, 5.41) is 0. The second-order valence-electron chi connectivity index (χ2n) is 8.54. The molecule has 2 aliphatic rings. The first kappa shape index (κ1) is 20.4. The fourth-order valence-corrected chi connectivity index (χ4v) is 4.05. The number of rotatable bonds is 8. The fourth-order valence-electron chi connectivity index (χ4n) is 4.05. The number of aromatic nitrogens is 1. The van der Waals surface area contributed by atoms with Crippen LogP contribution in [0.1, 0.15) is 71.6 Å². The second-order valence-corrected chi connectivity index (χ2v) is 8.54. The third-order valence-corrected chi connectivity index (χ3v) is 6.24. The Kier molecular flexibility index (Phi) is 6.67. The minimum absolute atomic E-state index is 0. The highest BCUT2D eigenvalue weighted by Gasteiger charge is 2.44. The van der Waals surface area contributed by atoms with Crippen molar-refractivity contribution in [3.63, 3.8) is 0 Å². The first-order valence-electron chi connectivity index (χ1n) is 9.71. The molecular weight excluding hydrogens is 308 g/mol. The number of ether oxygens (including phenoxy) is 1. The summed E-state index contributed by atoms with van der Waals surface area (Å²) in [6.45, 7) is 12.9. The molecular formula is C22H38N2O. The molecule has 0 unspecified atom stereocenters. The molecule has 0 bridgehead atoms. The highest BCUT2D eigenvalue weighted by atomic mass is 16.5. The molecule has 1 aliphatic carbocycles. The lowest BCUT2D eigenvalue weighted by molar-refractivity contribution is 0.0364. The summed E-state index contributed by atoms with van der Waals surface area (Å²) in [6, 6.07) is 4.38. The lowest BCUT2D eigenvalue weighted by atomic mass is 9.82. The highest BCUT2D eigenvalue weighted by Crippen LogP contribution is 2.44. The van der Waals surface area contributed by atoms with Gasteiger partial charge in [0.1, 0.15) is 0 Å². The van der Waals surface area contributed by atoms with Crippen molar-refractivity contribution < 1.29 is 4.74 Å². The van der Waals surface area contributed by atoms with Crippen molar-refractivity contribution in [1.82, 2.24) is 9.88 Å². The van der Waals surface area contributed by atoms with Crippen molar-refractivity contribution in [1.29, 1.82) is 0 Å². The molecule has 2 fully saturated rings. The van der Waals surface area contributed by atoms with Crippen LogP contribution in [0.4, 0.5) is 0 Å². The number of pyridine rings is 1. The van der Waals surface area contributed by atoms with E-state index in [1.165, 1.54) is 44.2 Å². The van der Waals surface area contributed by atoms with Gasteiger partial charge in [0.25, 0.3) is 0 Å². The van der Waals surface area contributed by atoms with Crippen molar-refractivity contribution >= 4 is 0 Å². The van der Waals surface area contributed by atoms with Crippen molar-refractivity contribution in [2.75, 3.05) is 26.3 Å². The Labute approximate surface area is 155 Å². The molecule has 1 atom stereocenters. The zero-order valence-corrected chi connectivity index (χ0v) is 16.0. The normalized spacial score (nSPS) is 24.3. The maximum atomic E-state index is 5.92. The van der Waals surface area contributed by atoms with Gasteiger partial charge in [-0.15, -0.1) is 0 Å². The van der Waals surface area contributed by atoms with Gasteiger partial charge in [0.05, 0.1) is 6.61 Å². The summed E-state index contributed by atoms with van der Waals surface area (Å²) in [4.78, 5) is 7.18. The topological polar surface area (TPSA) is 25.4 Å². The molecule has 1 saturated heterocycles. The minimum Gasteiger partial charge on any atom is -0.381 e. The molecule has 1 saturated carbocycles. The predicted octanol–water partition coefficient (Wildman–Crippen LogP) is 5.18. The molecule has 0 radical (unpaired) electrons. The van der Waals surface area contributed by atoms with Gasteiger partial charge in [0, 0.05) is 36.0 Å². The van der Waals surface area contributed by atoms with Crippen LogP contribution in [0.25, 0.3) is 0 Å². The van der Waals surface area contributed by atoms with E-state index in [0.717, 1.165) is 31.4 Å². The second kappa shape index (κ2) is 8.18. The molecule has 0 spiro atoms. The van der Waals surface area contributed by atoms with Gasteiger partial charge in [-0.1, -0.05) is 26.3 Å². The monoisotopic (exact) mass is 346 g/mol. The fraction of sp³-hybridized carbons (Fsp3) is 0.773. The molecule has 1 aromatic rings. The first-order chi connectivity index (χ1) is 11.5. The zero-order valence-electron chi connectivity index (χ0n) is 16.0. The van der Waals surface area contributed by atoms with Crippen LogP contribution in [0.15, 0.2) is 18.3 Å². The summed E-state index contributed by atoms with van der Waals surface area (Å²) < 4.78 is 5.92. The Hall–Kier alpha value is -0.930. The number of hydrogen-bond donors (Lipinski definition) is 0. The van der Waals surface area contributed by atoms with Crippen LogP contribution in [-0.2, 0) is 10.3 Å². The molecule has 3 nitrogen and oxygen atoms in total. The van der Waals surface area contributed by atoms with Crippen LogP contribution >= 0.6 is 0 Å². The predicted molar refractivity (Wildman–Crippen MR) is 106 cm³/mol. The number of nitrogens with zero attached hydrogens (tertiary/aromatic N) is 2. The lowest BCUT2D eigenvalue weighted by Gasteiger charge is -2.38. The van der Waals surface area contributed by atoms with Crippen LogP contribution in [-0.4, -0.2) is 36.2 Å². The molecule has 1 aliphatic heterocycles. The Morgan fingerprint density at radius 2 is 2.08 bits per heavy atom. The maximum absolute atomic E-state index is 5.92. The van der Waals surface area contributed by atoms with Gasteiger partial charge in [0.15, 0.2) is 0 Å². The average Bonchev–Trinajstić information content (AvgIpc) is 3.30. The van der Waals surface area contributed by atoms with Crippen molar-refractivity contribution in [2.45, 2.75) is 72.8 Å². The van der Waals surface area contributed by atoms with E-state index in [1.54, 1.807) is 0 Å². The Morgan fingerprint density at radius 1 is 1.32 bits per heavy atom. The van der Waals surface area contributed by atoms with E-state index in [1.807, 2.05) is 0 Å². The van der Waals surface area contributed by atoms with Crippen LogP contribution in [0.2, 0.25) is 0 Å². The quantitative estimate of drug-likeness (QED) is 0.648. The SMILES string of the molecule is C.CCOC[C@]1(CCC2CC2)CCN(C(C)(C)c2ccc(C)nc2)C1. The summed E-state index contributed by atoms with van der Waals surface area (Å²) in [5.74, 6) is 1.01. The molecule has 0 aromatic carbocycles. The van der Waals surface area contributed by atoms with E-state index in [9.17, 15) is 0 Å². The molecule has 0 N–H and O–H groups in total. The molecule has 3 heteroatoms. The van der Waals surface area contributed by atoms with Gasteiger partial charge < -0.3 is 4.74 Å². The van der Waals surface area contributed by atoms with E-state index in [2.05, 4.69) is 55.9 Å². The van der Waals surface area contributed by atoms with Crippen molar-refractivity contribution in [3.05, 3.63) is 29.6 Å². The largest absolute Gasteiger partial charge is 0.381 e. The van der Waals surface area contributed by atoms with Gasteiger partial charge >= 0.3 is 0 Å². The summed E-state index contributed by atoms with van der Waals surface area (Å²) in [6.07, 6.45) is 8.96. The van der Waals surface area contributed by atoms with Crippen molar-refractivity contribution in [3.8, 4) is 0 Å². The molecule has 3 rings (SSSR count).